The fraction of sp³-hybridized carbons (Fsp3) is 0.667. The summed E-state index contributed by atoms with van der Waals surface area (Å²) in [5.74, 6) is -2.47. The number of halogens is 3. The molecule has 3 rings (SSSR count). The van der Waals surface area contributed by atoms with Gasteiger partial charge in [0, 0.05) is 18.4 Å². The second-order valence-electron chi connectivity index (χ2n) is 6.27. The van der Waals surface area contributed by atoms with E-state index in [2.05, 4.69) is 20.4 Å². The predicted molar refractivity (Wildman–Crippen MR) is 79.9 cm³/mol. The molecule has 2 unspecified atom stereocenters. The summed E-state index contributed by atoms with van der Waals surface area (Å²) in [7, 11) is 0. The highest BCUT2D eigenvalue weighted by Crippen LogP contribution is 2.43. The van der Waals surface area contributed by atoms with E-state index in [1.165, 1.54) is 0 Å². The van der Waals surface area contributed by atoms with Crippen LogP contribution in [0.2, 0.25) is 0 Å². The van der Waals surface area contributed by atoms with Gasteiger partial charge in [0.05, 0.1) is 0 Å². The van der Waals surface area contributed by atoms with Crippen LogP contribution >= 0.6 is 0 Å². The molecule has 1 aromatic heterocycles. The van der Waals surface area contributed by atoms with Crippen LogP contribution in [0.5, 0.6) is 0 Å². The van der Waals surface area contributed by atoms with Gasteiger partial charge < -0.3 is 5.11 Å². The Morgan fingerprint density at radius 3 is 2.48 bits per heavy atom. The average molecular weight is 357 g/mol. The fourth-order valence-corrected chi connectivity index (χ4v) is 3.45. The summed E-state index contributed by atoms with van der Waals surface area (Å²) in [6.07, 6.45) is -1.04. The monoisotopic (exact) mass is 357 g/mol. The molecule has 2 atom stereocenters. The normalized spacial score (nSPS) is 24.4. The van der Waals surface area contributed by atoms with Crippen molar-refractivity contribution in [3.05, 3.63) is 17.3 Å². The number of carbonyl (C=O) groups excluding carboxylic acids is 1. The van der Waals surface area contributed by atoms with Crippen LogP contribution in [0.15, 0.2) is 21.7 Å². The highest BCUT2D eigenvalue weighted by atomic mass is 19.4. The highest BCUT2D eigenvalue weighted by molar-refractivity contribution is 6.00. The van der Waals surface area contributed by atoms with E-state index >= 15 is 0 Å². The maximum atomic E-state index is 13.0. The number of allylic oxidation sites excluding steroid dienone is 2. The first-order valence-electron chi connectivity index (χ1n) is 8.24. The van der Waals surface area contributed by atoms with E-state index in [9.17, 15) is 23.1 Å². The number of hydrogen-bond donors (Lipinski definition) is 1. The number of aromatic nitrogens is 3. The minimum atomic E-state index is -4.66. The van der Waals surface area contributed by atoms with Crippen LogP contribution < -0.4 is 0 Å². The maximum absolute atomic E-state index is 13.0. The van der Waals surface area contributed by atoms with Crippen molar-refractivity contribution in [2.45, 2.75) is 51.7 Å². The molecule has 0 bridgehead atoms. The number of Topliss-reactive ketones (excluding diaryl/α,β-unsaturated/α-hetero) is 1. The van der Waals surface area contributed by atoms with E-state index < -0.39 is 12.0 Å². The maximum Gasteiger partial charge on any atom is 0.451 e. The van der Waals surface area contributed by atoms with E-state index in [4.69, 9.17) is 0 Å². The van der Waals surface area contributed by atoms with Crippen molar-refractivity contribution in [3.8, 4) is 0 Å². The summed E-state index contributed by atoms with van der Waals surface area (Å²) in [5, 5.41) is 24.2. The van der Waals surface area contributed by atoms with Crippen molar-refractivity contribution < 1.29 is 23.1 Å². The molecule has 1 N–H and O–H groups in total. The Kier molecular flexibility index (Phi) is 4.61. The second kappa shape index (κ2) is 6.57. The summed E-state index contributed by atoms with van der Waals surface area (Å²) in [4.78, 5) is 12.4. The number of ketones is 1. The molecule has 136 valence electrons. The fourth-order valence-electron chi connectivity index (χ4n) is 3.45. The van der Waals surface area contributed by atoms with E-state index in [0.717, 1.165) is 17.4 Å². The first kappa shape index (κ1) is 17.6. The number of azo groups is 1. The zero-order chi connectivity index (χ0) is 18.2. The number of carbonyl (C=O) groups is 1. The van der Waals surface area contributed by atoms with Gasteiger partial charge in [-0.1, -0.05) is 19.8 Å². The van der Waals surface area contributed by atoms with Crippen molar-refractivity contribution in [1.82, 2.24) is 14.8 Å². The van der Waals surface area contributed by atoms with Gasteiger partial charge in [-0.2, -0.15) is 13.2 Å². The van der Waals surface area contributed by atoms with Gasteiger partial charge >= 0.3 is 6.18 Å². The Hall–Kier alpha value is -2.26. The van der Waals surface area contributed by atoms with Gasteiger partial charge in [0.2, 0.25) is 5.82 Å². The number of aliphatic hydroxyl groups excluding tert-OH is 1. The molecule has 7 nitrogen and oxygen atoms in total. The molecule has 0 saturated heterocycles. The quantitative estimate of drug-likeness (QED) is 0.826. The minimum absolute atomic E-state index is 0.0143. The highest BCUT2D eigenvalue weighted by Gasteiger charge is 2.44. The summed E-state index contributed by atoms with van der Waals surface area (Å²) in [5.41, 5.74) is -0.170. The molecule has 0 radical (unpaired) electrons. The van der Waals surface area contributed by atoms with E-state index in [-0.39, 0.29) is 41.6 Å². The van der Waals surface area contributed by atoms with Crippen molar-refractivity contribution in [3.63, 3.8) is 0 Å². The molecular formula is C15H18F3N5O2. The molecule has 0 aliphatic heterocycles. The number of rotatable bonds is 4. The molecule has 1 heterocycles. The minimum Gasteiger partial charge on any atom is -0.510 e. The van der Waals surface area contributed by atoms with Gasteiger partial charge in [0.25, 0.3) is 5.95 Å². The molecular weight excluding hydrogens is 339 g/mol. The molecule has 10 heteroatoms. The lowest BCUT2D eigenvalue weighted by molar-refractivity contribution is -0.147. The number of alkyl halides is 3. The van der Waals surface area contributed by atoms with Crippen LogP contribution in [-0.4, -0.2) is 25.7 Å². The lowest BCUT2D eigenvalue weighted by atomic mass is 9.80. The average Bonchev–Trinajstić information content (AvgIpc) is 3.07. The van der Waals surface area contributed by atoms with E-state index in [1.54, 1.807) is 6.92 Å². The first-order valence-corrected chi connectivity index (χ1v) is 8.24. The number of nitrogens with zero attached hydrogens (tertiary/aromatic N) is 5. The molecule has 1 aromatic rings. The molecule has 1 fully saturated rings. The zero-order valence-electron chi connectivity index (χ0n) is 13.6. The first-order chi connectivity index (χ1) is 11.8. The lowest BCUT2D eigenvalue weighted by Crippen LogP contribution is -2.21. The third kappa shape index (κ3) is 3.16. The molecule has 0 aromatic carbocycles. The second-order valence-corrected chi connectivity index (χ2v) is 6.27. The number of aliphatic hydroxyl groups is 1. The van der Waals surface area contributed by atoms with Crippen molar-refractivity contribution in [2.75, 3.05) is 0 Å². The SMILES string of the molecule is CCCn1c(N=NC2=C(O)C3CCCCC3C2=O)nnc1C(F)(F)F. The summed E-state index contributed by atoms with van der Waals surface area (Å²) in [6.45, 7) is 1.72. The van der Waals surface area contributed by atoms with Crippen molar-refractivity contribution in [2.24, 2.45) is 22.1 Å². The van der Waals surface area contributed by atoms with Gasteiger partial charge in [-0.15, -0.1) is 20.4 Å². The van der Waals surface area contributed by atoms with Crippen LogP contribution in [0.1, 0.15) is 44.9 Å². The number of hydrogen-bond acceptors (Lipinski definition) is 6. The van der Waals surface area contributed by atoms with Crippen LogP contribution in [0.4, 0.5) is 19.1 Å². The molecule has 1 saturated carbocycles. The lowest BCUT2D eigenvalue weighted by Gasteiger charge is -2.23. The molecule has 25 heavy (non-hydrogen) atoms. The van der Waals surface area contributed by atoms with Crippen LogP contribution in [0, 0.1) is 11.8 Å². The molecule has 2 aliphatic carbocycles. The third-order valence-corrected chi connectivity index (χ3v) is 4.60. The zero-order valence-corrected chi connectivity index (χ0v) is 13.6. The third-order valence-electron chi connectivity index (χ3n) is 4.60. The largest absolute Gasteiger partial charge is 0.510 e. The van der Waals surface area contributed by atoms with E-state index in [0.29, 0.717) is 19.3 Å². The number of fused-ring (bicyclic) bond motifs is 1. The predicted octanol–water partition coefficient (Wildman–Crippen LogP) is 3.95. The van der Waals surface area contributed by atoms with Crippen molar-refractivity contribution in [1.29, 1.82) is 0 Å². The Morgan fingerprint density at radius 1 is 1.20 bits per heavy atom. The smallest absolute Gasteiger partial charge is 0.451 e. The molecule has 0 spiro atoms. The van der Waals surface area contributed by atoms with Gasteiger partial charge in [0.1, 0.15) is 5.76 Å². The standard InChI is InChI=1S/C15H18F3N5O2/c1-2-7-23-13(15(16,17)18)20-22-14(23)21-19-10-11(24)8-5-3-4-6-9(8)12(10)25/h8-9,24H,2-7H2,1H3. The van der Waals surface area contributed by atoms with Gasteiger partial charge in [0.15, 0.2) is 11.5 Å². The Bertz CT molecular complexity index is 738. The van der Waals surface area contributed by atoms with Gasteiger partial charge in [-0.05, 0) is 19.3 Å². The Labute approximate surface area is 141 Å². The Morgan fingerprint density at radius 2 is 1.88 bits per heavy atom. The summed E-state index contributed by atoms with van der Waals surface area (Å²) < 4.78 is 39.7. The molecule has 2 aliphatic rings. The molecule has 0 amide bonds. The topological polar surface area (TPSA) is 92.7 Å². The van der Waals surface area contributed by atoms with E-state index in [1.807, 2.05) is 0 Å². The van der Waals surface area contributed by atoms with Crippen LogP contribution in [0.25, 0.3) is 0 Å². The van der Waals surface area contributed by atoms with Crippen LogP contribution in [-0.2, 0) is 17.5 Å². The Balaban J connectivity index is 1.91. The van der Waals surface area contributed by atoms with Gasteiger partial charge in [-0.25, -0.2) is 0 Å². The van der Waals surface area contributed by atoms with Gasteiger partial charge in [-0.3, -0.25) is 9.36 Å². The van der Waals surface area contributed by atoms with Crippen LogP contribution in [0.3, 0.4) is 0 Å². The summed E-state index contributed by atoms with van der Waals surface area (Å²) >= 11 is 0. The van der Waals surface area contributed by atoms with Crippen molar-refractivity contribution >= 4 is 11.7 Å². The summed E-state index contributed by atoms with van der Waals surface area (Å²) in [6, 6.07) is 0.